The first-order valence-corrected chi connectivity index (χ1v) is 11.2. The van der Waals surface area contributed by atoms with Crippen LogP contribution in [0.15, 0.2) is 109 Å². The molecule has 0 aromatic heterocycles. The van der Waals surface area contributed by atoms with Crippen molar-refractivity contribution >= 4 is 39.3 Å². The van der Waals surface area contributed by atoms with Crippen molar-refractivity contribution in [2.24, 2.45) is 0 Å². The minimum atomic E-state index is -1.16. The maximum Gasteiger partial charge on any atom is 0.170 e. The molecule has 0 amide bonds. The Bertz CT molecular complexity index is 985. The van der Waals surface area contributed by atoms with E-state index >= 15 is 0 Å². The first-order valence-electron chi connectivity index (χ1n) is 8.99. The van der Waals surface area contributed by atoms with Crippen LogP contribution in [-0.2, 0) is 17.1 Å². The summed E-state index contributed by atoms with van der Waals surface area (Å²) in [5.41, 5.74) is 0. The number of benzene rings is 4. The minimum Gasteiger partial charge on any atom is -0.453 e. The molecule has 2 radical (unpaired) electrons. The van der Waals surface area contributed by atoms with Gasteiger partial charge in [0.1, 0.15) is 29.6 Å². The van der Waals surface area contributed by atoms with Gasteiger partial charge in [-0.25, -0.2) is 0 Å². The minimum absolute atomic E-state index is 0. The average molecular weight is 448 g/mol. The fraction of sp³-hybridized carbons (Fsp3) is 0. The molecule has 0 spiro atoms. The van der Waals surface area contributed by atoms with Gasteiger partial charge in [0.15, 0.2) is 5.75 Å². The zero-order valence-corrected chi connectivity index (χ0v) is 18.7. The van der Waals surface area contributed by atoms with Gasteiger partial charge in [0.2, 0.25) is 0 Å². The Morgan fingerprint density at radius 3 is 1.57 bits per heavy atom. The number of rotatable bonds is 5. The van der Waals surface area contributed by atoms with Crippen LogP contribution >= 0.6 is 7.92 Å². The van der Waals surface area contributed by atoms with Crippen LogP contribution in [0.5, 0.6) is 11.5 Å². The average Bonchev–Trinajstić information content (AvgIpc) is 2.73. The van der Waals surface area contributed by atoms with Gasteiger partial charge in [-0.1, -0.05) is 66.7 Å². The molecule has 0 saturated heterocycles. The molecule has 1 nitrogen and oxygen atoms in total. The standard InChI is InChI=1S/C24H20OPSi.Cu/c27-24-18-10-8-16-22(24)25-21-15-7-9-17-23(21)26(19-11-3-1-4-12-19)20-13-5-2-6-14-20;/h1-18H,27H2;/p+1. The summed E-state index contributed by atoms with van der Waals surface area (Å²) in [7, 11) is 0.697. The van der Waals surface area contributed by atoms with Crippen LogP contribution in [0.4, 0.5) is 0 Å². The molecule has 0 heterocycles. The van der Waals surface area contributed by atoms with Crippen molar-refractivity contribution in [1.29, 1.82) is 0 Å². The van der Waals surface area contributed by atoms with E-state index in [1.165, 1.54) is 21.1 Å². The summed E-state index contributed by atoms with van der Waals surface area (Å²) >= 11 is 0. The molecule has 28 heavy (non-hydrogen) atoms. The van der Waals surface area contributed by atoms with Gasteiger partial charge >= 0.3 is 0 Å². The van der Waals surface area contributed by atoms with Crippen molar-refractivity contribution in [2.45, 2.75) is 0 Å². The molecule has 0 saturated carbocycles. The van der Waals surface area contributed by atoms with Crippen LogP contribution < -0.4 is 25.8 Å². The van der Waals surface area contributed by atoms with Gasteiger partial charge in [-0.15, -0.1) is 0 Å². The van der Waals surface area contributed by atoms with Crippen molar-refractivity contribution in [1.82, 2.24) is 0 Å². The maximum absolute atomic E-state index is 6.40. The van der Waals surface area contributed by atoms with E-state index in [1.807, 2.05) is 28.4 Å². The SMILES string of the molecule is [Cu].[SiH2]c1ccccc1Oc1ccccc1[PH+](c1ccccc1)c1ccccc1. The Balaban J connectivity index is 0.00000225. The van der Waals surface area contributed by atoms with Crippen molar-refractivity contribution in [3.05, 3.63) is 109 Å². The molecule has 0 atom stereocenters. The largest absolute Gasteiger partial charge is 0.453 e. The van der Waals surface area contributed by atoms with E-state index in [-0.39, 0.29) is 17.1 Å². The Hall–Kier alpha value is -2.15. The third-order valence-electron chi connectivity index (χ3n) is 4.47. The number of hydrogen-bond acceptors (Lipinski definition) is 1. The van der Waals surface area contributed by atoms with Crippen LogP contribution in [0.1, 0.15) is 0 Å². The summed E-state index contributed by atoms with van der Waals surface area (Å²) in [6, 6.07) is 38.2. The number of hydrogen-bond donors (Lipinski definition) is 0. The second-order valence-electron chi connectivity index (χ2n) is 6.31. The quantitative estimate of drug-likeness (QED) is 0.337. The van der Waals surface area contributed by atoms with Crippen molar-refractivity contribution in [2.75, 3.05) is 0 Å². The molecular formula is C24H21CuOPSi+. The summed E-state index contributed by atoms with van der Waals surface area (Å²) in [5.74, 6) is 1.86. The van der Waals surface area contributed by atoms with Crippen LogP contribution in [0, 0.1) is 0 Å². The van der Waals surface area contributed by atoms with E-state index in [9.17, 15) is 0 Å². The summed E-state index contributed by atoms with van der Waals surface area (Å²) in [5, 5.41) is 5.15. The smallest absolute Gasteiger partial charge is 0.170 e. The van der Waals surface area contributed by atoms with Crippen molar-refractivity contribution in [3.8, 4) is 11.5 Å². The van der Waals surface area contributed by atoms with Gasteiger partial charge in [-0.05, 0) is 47.7 Å². The predicted molar refractivity (Wildman–Crippen MR) is 121 cm³/mol. The molecule has 0 unspecified atom stereocenters. The molecule has 4 aromatic carbocycles. The second kappa shape index (κ2) is 9.86. The van der Waals surface area contributed by atoms with E-state index in [4.69, 9.17) is 4.74 Å². The van der Waals surface area contributed by atoms with E-state index in [0.29, 0.717) is 0 Å². The van der Waals surface area contributed by atoms with Gasteiger partial charge < -0.3 is 4.74 Å². The van der Waals surface area contributed by atoms with E-state index in [0.717, 1.165) is 11.5 Å². The normalized spacial score (nSPS) is 10.4. The van der Waals surface area contributed by atoms with Crippen LogP contribution in [0.2, 0.25) is 0 Å². The topological polar surface area (TPSA) is 9.23 Å². The molecule has 0 aliphatic heterocycles. The summed E-state index contributed by atoms with van der Waals surface area (Å²) in [6.45, 7) is 0. The van der Waals surface area contributed by atoms with Crippen LogP contribution in [-0.4, -0.2) is 10.2 Å². The predicted octanol–water partition coefficient (Wildman–Crippen LogP) is 3.23. The number of para-hydroxylation sites is 2. The van der Waals surface area contributed by atoms with Gasteiger partial charge in [-0.2, -0.15) is 0 Å². The molecule has 142 valence electrons. The summed E-state index contributed by atoms with van der Waals surface area (Å²) in [6.07, 6.45) is 0. The zero-order chi connectivity index (χ0) is 18.5. The third kappa shape index (κ3) is 4.63. The Morgan fingerprint density at radius 1 is 0.536 bits per heavy atom. The molecule has 0 fully saturated rings. The molecule has 4 heteroatoms. The third-order valence-corrected chi connectivity index (χ3v) is 7.83. The molecule has 0 N–H and O–H groups in total. The molecular weight excluding hydrogens is 427 g/mol. The van der Waals surface area contributed by atoms with E-state index < -0.39 is 7.92 Å². The number of ether oxygens (including phenoxy) is 1. The molecule has 0 aliphatic rings. The van der Waals surface area contributed by atoms with Crippen LogP contribution in [0.25, 0.3) is 0 Å². The fourth-order valence-corrected chi connectivity index (χ4v) is 6.15. The van der Waals surface area contributed by atoms with Crippen LogP contribution in [0.3, 0.4) is 0 Å². The monoisotopic (exact) mass is 447 g/mol. The first-order chi connectivity index (χ1) is 13.3. The fourth-order valence-electron chi connectivity index (χ4n) is 3.17. The summed E-state index contributed by atoms with van der Waals surface area (Å²) in [4.78, 5) is 0. The molecule has 4 aromatic rings. The van der Waals surface area contributed by atoms with E-state index in [2.05, 4.69) is 91.0 Å². The van der Waals surface area contributed by atoms with Crippen molar-refractivity contribution in [3.63, 3.8) is 0 Å². The zero-order valence-electron chi connectivity index (χ0n) is 15.3. The van der Waals surface area contributed by atoms with Gasteiger partial charge in [0.05, 0.1) is 10.2 Å². The van der Waals surface area contributed by atoms with Crippen molar-refractivity contribution < 1.29 is 21.8 Å². The van der Waals surface area contributed by atoms with E-state index in [1.54, 1.807) is 0 Å². The Morgan fingerprint density at radius 2 is 1.00 bits per heavy atom. The molecule has 0 aliphatic carbocycles. The first kappa shape index (κ1) is 20.6. The van der Waals surface area contributed by atoms with Gasteiger partial charge in [-0.3, -0.25) is 0 Å². The van der Waals surface area contributed by atoms with Gasteiger partial charge in [0, 0.05) is 17.1 Å². The molecule has 4 rings (SSSR count). The Labute approximate surface area is 181 Å². The summed E-state index contributed by atoms with van der Waals surface area (Å²) < 4.78 is 6.40. The maximum atomic E-state index is 6.40. The van der Waals surface area contributed by atoms with Gasteiger partial charge in [0.25, 0.3) is 0 Å². The Kier molecular flexibility index (Phi) is 7.25. The molecule has 0 bridgehead atoms. The second-order valence-corrected chi connectivity index (χ2v) is 9.52.